The molecule has 0 aliphatic rings. The second kappa shape index (κ2) is 15.6. The summed E-state index contributed by atoms with van der Waals surface area (Å²) < 4.78 is 5.35. The Morgan fingerprint density at radius 2 is 1.56 bits per heavy atom. The molecule has 8 heteroatoms. The van der Waals surface area contributed by atoms with Crippen molar-refractivity contribution in [1.82, 2.24) is 10.2 Å². The van der Waals surface area contributed by atoms with E-state index in [2.05, 4.69) is 17.6 Å². The van der Waals surface area contributed by atoms with E-state index in [4.69, 9.17) is 4.74 Å². The van der Waals surface area contributed by atoms with Gasteiger partial charge in [-0.25, -0.2) is 4.79 Å². The van der Waals surface area contributed by atoms with Gasteiger partial charge in [0.1, 0.15) is 17.7 Å². The van der Waals surface area contributed by atoms with Gasteiger partial charge in [-0.05, 0) is 77.1 Å². The van der Waals surface area contributed by atoms with Crippen LogP contribution in [0.1, 0.15) is 93.7 Å². The van der Waals surface area contributed by atoms with Crippen LogP contribution in [0.25, 0.3) is 0 Å². The third kappa shape index (κ3) is 10.2. The van der Waals surface area contributed by atoms with Gasteiger partial charge in [0.15, 0.2) is 0 Å². The Morgan fingerprint density at radius 3 is 2.15 bits per heavy atom. The van der Waals surface area contributed by atoms with Gasteiger partial charge in [-0.1, -0.05) is 74.6 Å². The molecule has 2 aromatic rings. The van der Waals surface area contributed by atoms with Crippen molar-refractivity contribution in [2.45, 2.75) is 105 Å². The van der Waals surface area contributed by atoms with E-state index in [1.165, 1.54) is 4.90 Å². The first-order valence-corrected chi connectivity index (χ1v) is 14.6. The number of aliphatic hydroxyl groups is 1. The first-order chi connectivity index (χ1) is 19.3. The number of hydrogen-bond acceptors (Lipinski definition) is 5. The SMILES string of the molecule is CCCCCCCN(C(=O)C(CO)NC(=O)OC(C)(C)C)C(C(=O)Nc1c(C)cccc1C)c1cc(C)ccc1C. The molecule has 0 saturated heterocycles. The number of amides is 3. The molecule has 2 unspecified atom stereocenters. The fourth-order valence-electron chi connectivity index (χ4n) is 4.80. The number of nitrogens with one attached hydrogen (secondary N) is 2. The Kier molecular flexibility index (Phi) is 12.8. The van der Waals surface area contributed by atoms with E-state index in [9.17, 15) is 19.5 Å². The predicted octanol–water partition coefficient (Wildman–Crippen LogP) is 6.28. The molecule has 2 atom stereocenters. The summed E-state index contributed by atoms with van der Waals surface area (Å²) in [7, 11) is 0. The number of aliphatic hydroxyl groups excluding tert-OH is 1. The van der Waals surface area contributed by atoms with Gasteiger partial charge < -0.3 is 25.4 Å². The molecule has 0 fully saturated rings. The Bertz CT molecular complexity index is 1170. The van der Waals surface area contributed by atoms with Crippen molar-refractivity contribution in [3.63, 3.8) is 0 Å². The molecule has 41 heavy (non-hydrogen) atoms. The minimum Gasteiger partial charge on any atom is -0.444 e. The normalized spacial score (nSPS) is 12.8. The largest absolute Gasteiger partial charge is 0.444 e. The third-order valence-electron chi connectivity index (χ3n) is 6.98. The van der Waals surface area contributed by atoms with Crippen LogP contribution in [0, 0.1) is 27.7 Å². The number of carbonyl (C=O) groups excluding carboxylic acids is 3. The highest BCUT2D eigenvalue weighted by molar-refractivity contribution is 6.00. The molecule has 2 aromatic carbocycles. The minimum atomic E-state index is -1.28. The summed E-state index contributed by atoms with van der Waals surface area (Å²) in [5, 5.41) is 15.8. The summed E-state index contributed by atoms with van der Waals surface area (Å²) in [6.07, 6.45) is 3.93. The Morgan fingerprint density at radius 1 is 0.927 bits per heavy atom. The van der Waals surface area contributed by atoms with Crippen LogP contribution in [0.2, 0.25) is 0 Å². The lowest BCUT2D eigenvalue weighted by Gasteiger charge is -2.35. The van der Waals surface area contributed by atoms with Crippen LogP contribution >= 0.6 is 0 Å². The van der Waals surface area contributed by atoms with Crippen molar-refractivity contribution in [2.24, 2.45) is 0 Å². The van der Waals surface area contributed by atoms with Crippen LogP contribution in [-0.4, -0.2) is 52.7 Å². The quantitative estimate of drug-likeness (QED) is 0.247. The highest BCUT2D eigenvalue weighted by Gasteiger charge is 2.37. The molecular weight excluding hydrogens is 518 g/mol. The van der Waals surface area contributed by atoms with E-state index >= 15 is 0 Å². The number of aryl methyl sites for hydroxylation is 4. The van der Waals surface area contributed by atoms with Crippen LogP contribution in [0.3, 0.4) is 0 Å². The molecule has 0 aliphatic carbocycles. The molecule has 226 valence electrons. The molecule has 8 nitrogen and oxygen atoms in total. The van der Waals surface area contributed by atoms with Gasteiger partial charge in [-0.2, -0.15) is 0 Å². The molecule has 3 amide bonds. The van der Waals surface area contributed by atoms with Gasteiger partial charge in [0.05, 0.1) is 6.61 Å². The molecular formula is C33H49N3O5. The first-order valence-electron chi connectivity index (χ1n) is 14.6. The first kappa shape index (κ1) is 33.8. The summed E-state index contributed by atoms with van der Waals surface area (Å²) in [6.45, 7) is 14.7. The smallest absolute Gasteiger partial charge is 0.408 e. The molecule has 0 aromatic heterocycles. The van der Waals surface area contributed by atoms with E-state index in [1.54, 1.807) is 20.8 Å². The van der Waals surface area contributed by atoms with Gasteiger partial charge in [0.2, 0.25) is 5.91 Å². The zero-order valence-corrected chi connectivity index (χ0v) is 26.1. The maximum atomic E-state index is 14.2. The van der Waals surface area contributed by atoms with E-state index in [-0.39, 0.29) is 12.5 Å². The van der Waals surface area contributed by atoms with Crippen LogP contribution in [0.5, 0.6) is 0 Å². The number of nitrogens with zero attached hydrogens (tertiary/aromatic N) is 1. The average molecular weight is 568 g/mol. The number of ether oxygens (including phenoxy) is 1. The van der Waals surface area contributed by atoms with E-state index in [1.807, 2.05) is 64.1 Å². The van der Waals surface area contributed by atoms with Gasteiger partial charge in [0.25, 0.3) is 5.91 Å². The number of hydrogen-bond donors (Lipinski definition) is 3. The number of alkyl carbamates (subject to hydrolysis) is 1. The second-order valence-corrected chi connectivity index (χ2v) is 11.8. The van der Waals surface area contributed by atoms with Crippen LogP contribution < -0.4 is 10.6 Å². The van der Waals surface area contributed by atoms with Gasteiger partial charge >= 0.3 is 6.09 Å². The second-order valence-electron chi connectivity index (χ2n) is 11.8. The number of anilines is 1. The minimum absolute atomic E-state index is 0.285. The fraction of sp³-hybridized carbons (Fsp3) is 0.545. The lowest BCUT2D eigenvalue weighted by Crippen LogP contribution is -2.54. The molecule has 2 rings (SSSR count). The summed E-state index contributed by atoms with van der Waals surface area (Å²) in [4.78, 5) is 42.4. The van der Waals surface area contributed by atoms with E-state index < -0.39 is 36.3 Å². The topological polar surface area (TPSA) is 108 Å². The maximum Gasteiger partial charge on any atom is 0.408 e. The summed E-state index contributed by atoms with van der Waals surface area (Å²) in [6, 6.07) is 9.37. The Balaban J connectivity index is 2.57. The number of carbonyl (C=O) groups is 3. The Hall–Kier alpha value is -3.39. The third-order valence-corrected chi connectivity index (χ3v) is 6.98. The zero-order valence-electron chi connectivity index (χ0n) is 26.1. The highest BCUT2D eigenvalue weighted by atomic mass is 16.6. The lowest BCUT2D eigenvalue weighted by atomic mass is 9.95. The number of para-hydroxylation sites is 1. The van der Waals surface area contributed by atoms with Crippen molar-refractivity contribution < 1.29 is 24.2 Å². The Labute approximate surface area is 245 Å². The predicted molar refractivity (Wildman–Crippen MR) is 164 cm³/mol. The van der Waals surface area contributed by atoms with Crippen molar-refractivity contribution >= 4 is 23.6 Å². The number of rotatable bonds is 13. The van der Waals surface area contributed by atoms with Gasteiger partial charge in [-0.15, -0.1) is 0 Å². The molecule has 0 aliphatic heterocycles. The van der Waals surface area contributed by atoms with Crippen molar-refractivity contribution in [2.75, 3.05) is 18.5 Å². The number of unbranched alkanes of at least 4 members (excludes halogenated alkanes) is 4. The molecule has 0 spiro atoms. The van der Waals surface area contributed by atoms with Gasteiger partial charge in [0, 0.05) is 12.2 Å². The van der Waals surface area contributed by atoms with Gasteiger partial charge in [-0.3, -0.25) is 9.59 Å². The molecule has 0 bridgehead atoms. The van der Waals surface area contributed by atoms with Crippen molar-refractivity contribution in [3.8, 4) is 0 Å². The van der Waals surface area contributed by atoms with E-state index in [0.717, 1.165) is 47.9 Å². The highest BCUT2D eigenvalue weighted by Crippen LogP contribution is 2.30. The van der Waals surface area contributed by atoms with Crippen LogP contribution in [0.15, 0.2) is 36.4 Å². The monoisotopic (exact) mass is 567 g/mol. The summed E-state index contributed by atoms with van der Waals surface area (Å²) in [5.41, 5.74) is 4.26. The summed E-state index contributed by atoms with van der Waals surface area (Å²) in [5.74, 6) is -0.900. The van der Waals surface area contributed by atoms with Crippen molar-refractivity contribution in [1.29, 1.82) is 0 Å². The van der Waals surface area contributed by atoms with Crippen LogP contribution in [-0.2, 0) is 14.3 Å². The average Bonchev–Trinajstić information content (AvgIpc) is 2.89. The molecule has 0 radical (unpaired) electrons. The molecule has 3 N–H and O–H groups in total. The lowest BCUT2D eigenvalue weighted by molar-refractivity contribution is -0.141. The van der Waals surface area contributed by atoms with Crippen molar-refractivity contribution in [3.05, 3.63) is 64.2 Å². The molecule has 0 heterocycles. The summed E-state index contributed by atoms with van der Waals surface area (Å²) >= 11 is 0. The molecule has 0 saturated carbocycles. The zero-order chi connectivity index (χ0) is 30.7. The van der Waals surface area contributed by atoms with Crippen LogP contribution in [0.4, 0.5) is 10.5 Å². The standard InChI is InChI=1S/C33H49N3O5/c1-9-10-11-12-13-19-36(31(39)27(21-37)34-32(40)41-33(6,7)8)29(26-20-22(2)17-18-23(26)3)30(38)35-28-24(4)15-14-16-25(28)5/h14-18,20,27,29,37H,9-13,19,21H2,1-8H3,(H,34,40)(H,35,38). The maximum absolute atomic E-state index is 14.2. The van der Waals surface area contributed by atoms with E-state index in [0.29, 0.717) is 17.7 Å². The fourth-order valence-corrected chi connectivity index (χ4v) is 4.80. The number of benzene rings is 2.